The van der Waals surface area contributed by atoms with Crippen LogP contribution >= 0.6 is 7.60 Å². The Bertz CT molecular complexity index is 344. The average molecular weight is 246 g/mol. The number of allylic oxidation sites excluding steroid dienone is 1. The van der Waals surface area contributed by atoms with Gasteiger partial charge in [0.1, 0.15) is 0 Å². The molecule has 0 spiro atoms. The van der Waals surface area contributed by atoms with E-state index in [2.05, 4.69) is 20.8 Å². The summed E-state index contributed by atoms with van der Waals surface area (Å²) in [6, 6.07) is 0. The Labute approximate surface area is 98.7 Å². The van der Waals surface area contributed by atoms with Gasteiger partial charge >= 0.3 is 7.60 Å². The van der Waals surface area contributed by atoms with Gasteiger partial charge in [-0.25, -0.2) is 0 Å². The van der Waals surface area contributed by atoms with E-state index in [-0.39, 0.29) is 16.9 Å². The minimum absolute atomic E-state index is 0.0683. The van der Waals surface area contributed by atoms with Crippen molar-refractivity contribution in [2.45, 2.75) is 47.6 Å². The third kappa shape index (κ3) is 2.58. The molecule has 16 heavy (non-hydrogen) atoms. The van der Waals surface area contributed by atoms with Crippen LogP contribution in [0.25, 0.3) is 0 Å². The summed E-state index contributed by atoms with van der Waals surface area (Å²) >= 11 is 0. The van der Waals surface area contributed by atoms with Gasteiger partial charge in [-0.15, -0.1) is 0 Å². The highest BCUT2D eigenvalue weighted by Gasteiger charge is 2.46. The maximum atomic E-state index is 12.5. The SMILES string of the molecule is CO[P@@]1(=O)O[C@@H](C(C)(C)C)C=C1C(C)(C)C. The highest BCUT2D eigenvalue weighted by atomic mass is 31.2. The van der Waals surface area contributed by atoms with Crippen LogP contribution in [0, 0.1) is 10.8 Å². The van der Waals surface area contributed by atoms with Gasteiger partial charge in [-0.1, -0.05) is 41.5 Å². The monoisotopic (exact) mass is 246 g/mol. The van der Waals surface area contributed by atoms with Crippen LogP contribution in [-0.2, 0) is 13.6 Å². The Hall–Kier alpha value is -0.110. The molecule has 1 aliphatic rings. The fourth-order valence-electron chi connectivity index (χ4n) is 1.68. The van der Waals surface area contributed by atoms with E-state index < -0.39 is 7.60 Å². The van der Waals surface area contributed by atoms with Crippen molar-refractivity contribution in [2.24, 2.45) is 10.8 Å². The second kappa shape index (κ2) is 3.97. The number of hydrogen-bond acceptors (Lipinski definition) is 3. The smallest absolute Gasteiger partial charge is 0.309 e. The van der Waals surface area contributed by atoms with Crippen molar-refractivity contribution >= 4 is 7.60 Å². The highest BCUT2D eigenvalue weighted by molar-refractivity contribution is 7.58. The first-order chi connectivity index (χ1) is 7.00. The van der Waals surface area contributed by atoms with Gasteiger partial charge in [0.05, 0.1) is 6.10 Å². The normalized spacial score (nSPS) is 31.7. The molecule has 0 aromatic carbocycles. The minimum Gasteiger partial charge on any atom is -0.309 e. The first-order valence-corrected chi connectivity index (χ1v) is 7.12. The molecule has 0 saturated heterocycles. The van der Waals surface area contributed by atoms with Crippen LogP contribution in [0.15, 0.2) is 11.4 Å². The summed E-state index contributed by atoms with van der Waals surface area (Å²) < 4.78 is 23.3. The molecule has 1 rings (SSSR count). The maximum Gasteiger partial charge on any atom is 0.357 e. The second-order valence-electron chi connectivity index (χ2n) is 6.37. The van der Waals surface area contributed by atoms with Crippen molar-refractivity contribution < 1.29 is 13.6 Å². The molecule has 3 nitrogen and oxygen atoms in total. The van der Waals surface area contributed by atoms with Crippen molar-refractivity contribution in [2.75, 3.05) is 7.11 Å². The van der Waals surface area contributed by atoms with Crippen LogP contribution in [0.1, 0.15) is 41.5 Å². The molecular weight excluding hydrogens is 223 g/mol. The third-order valence-electron chi connectivity index (χ3n) is 2.72. The Kier molecular flexibility index (Phi) is 3.46. The molecule has 0 unspecified atom stereocenters. The molecule has 1 heterocycles. The first-order valence-electron chi connectivity index (χ1n) is 5.58. The Morgan fingerprint density at radius 1 is 1.25 bits per heavy atom. The lowest BCUT2D eigenvalue weighted by atomic mass is 9.86. The minimum atomic E-state index is -3.07. The molecule has 0 aromatic rings. The van der Waals surface area contributed by atoms with Gasteiger partial charge in [0.15, 0.2) is 0 Å². The molecule has 0 saturated carbocycles. The van der Waals surface area contributed by atoms with Gasteiger partial charge in [-0.05, 0) is 16.9 Å². The lowest BCUT2D eigenvalue weighted by Gasteiger charge is -2.26. The van der Waals surface area contributed by atoms with Crippen LogP contribution in [0.5, 0.6) is 0 Å². The van der Waals surface area contributed by atoms with E-state index in [1.165, 1.54) is 7.11 Å². The average Bonchev–Trinajstić information content (AvgIpc) is 2.42. The summed E-state index contributed by atoms with van der Waals surface area (Å²) in [4.78, 5) is 0. The van der Waals surface area contributed by atoms with Crippen molar-refractivity contribution in [1.82, 2.24) is 0 Å². The molecule has 2 atom stereocenters. The quantitative estimate of drug-likeness (QED) is 0.650. The van der Waals surface area contributed by atoms with E-state index in [9.17, 15) is 4.57 Å². The molecule has 0 aromatic heterocycles. The van der Waals surface area contributed by atoms with Gasteiger partial charge in [-0.3, -0.25) is 9.09 Å². The summed E-state index contributed by atoms with van der Waals surface area (Å²) in [5.74, 6) is 0. The largest absolute Gasteiger partial charge is 0.357 e. The summed E-state index contributed by atoms with van der Waals surface area (Å²) in [6.45, 7) is 12.3. The molecule has 94 valence electrons. The lowest BCUT2D eigenvalue weighted by Crippen LogP contribution is -2.23. The second-order valence-corrected chi connectivity index (χ2v) is 8.43. The molecular formula is C12H23O3P. The van der Waals surface area contributed by atoms with Crippen LogP contribution in [0.2, 0.25) is 0 Å². The Morgan fingerprint density at radius 2 is 1.75 bits per heavy atom. The van der Waals surface area contributed by atoms with E-state index in [1.807, 2.05) is 26.8 Å². The van der Waals surface area contributed by atoms with E-state index in [0.29, 0.717) is 0 Å². The van der Waals surface area contributed by atoms with E-state index in [1.54, 1.807) is 0 Å². The van der Waals surface area contributed by atoms with E-state index >= 15 is 0 Å². The molecule has 0 aliphatic carbocycles. The molecule has 0 bridgehead atoms. The van der Waals surface area contributed by atoms with Gasteiger partial charge in [0.2, 0.25) is 0 Å². The summed E-state index contributed by atoms with van der Waals surface area (Å²) in [7, 11) is -1.62. The summed E-state index contributed by atoms with van der Waals surface area (Å²) in [6.07, 6.45) is 1.83. The highest BCUT2D eigenvalue weighted by Crippen LogP contribution is 2.67. The fraction of sp³-hybridized carbons (Fsp3) is 0.833. The maximum absolute atomic E-state index is 12.5. The van der Waals surface area contributed by atoms with Crippen molar-refractivity contribution in [3.05, 3.63) is 11.4 Å². The van der Waals surface area contributed by atoms with Crippen molar-refractivity contribution in [3.63, 3.8) is 0 Å². The van der Waals surface area contributed by atoms with Crippen LogP contribution in [0.3, 0.4) is 0 Å². The molecule has 0 radical (unpaired) electrons. The summed E-state index contributed by atoms with van der Waals surface area (Å²) in [5.41, 5.74) is -0.257. The lowest BCUT2D eigenvalue weighted by molar-refractivity contribution is 0.118. The molecule has 0 amide bonds. The van der Waals surface area contributed by atoms with Crippen molar-refractivity contribution in [1.29, 1.82) is 0 Å². The zero-order chi connectivity index (χ0) is 12.8. The van der Waals surface area contributed by atoms with Crippen molar-refractivity contribution in [3.8, 4) is 0 Å². The van der Waals surface area contributed by atoms with Crippen LogP contribution in [0.4, 0.5) is 0 Å². The van der Waals surface area contributed by atoms with Crippen LogP contribution < -0.4 is 0 Å². The van der Waals surface area contributed by atoms with E-state index in [0.717, 1.165) is 5.31 Å². The van der Waals surface area contributed by atoms with Gasteiger partial charge in [0, 0.05) is 12.4 Å². The van der Waals surface area contributed by atoms with Gasteiger partial charge < -0.3 is 4.52 Å². The standard InChI is InChI=1S/C12H23O3P/c1-11(2,3)9-8-10(12(4,5)6)16(13,14-7)15-9/h8-9H,1-7H3/t9-,16-/m1/s1. The summed E-state index contributed by atoms with van der Waals surface area (Å²) in [5, 5.41) is 0.794. The number of hydrogen-bond donors (Lipinski definition) is 0. The third-order valence-corrected chi connectivity index (χ3v) is 5.11. The Morgan fingerprint density at radius 3 is 2.00 bits per heavy atom. The predicted molar refractivity (Wildman–Crippen MR) is 66.5 cm³/mol. The predicted octanol–water partition coefficient (Wildman–Crippen LogP) is 4.20. The topological polar surface area (TPSA) is 35.5 Å². The molecule has 1 aliphatic heterocycles. The van der Waals surface area contributed by atoms with Gasteiger partial charge in [-0.2, -0.15) is 0 Å². The molecule has 0 N–H and O–H groups in total. The Balaban J connectivity index is 3.16. The van der Waals surface area contributed by atoms with Crippen LogP contribution in [-0.4, -0.2) is 13.2 Å². The molecule has 4 heteroatoms. The zero-order valence-corrected chi connectivity index (χ0v) is 12.2. The zero-order valence-electron chi connectivity index (χ0n) is 11.3. The van der Waals surface area contributed by atoms with E-state index in [4.69, 9.17) is 9.05 Å². The first kappa shape index (κ1) is 14.0. The molecule has 0 fully saturated rings. The van der Waals surface area contributed by atoms with Gasteiger partial charge in [0.25, 0.3) is 0 Å². The fourth-order valence-corrected chi connectivity index (χ4v) is 3.89. The number of rotatable bonds is 1.